The Labute approximate surface area is 119 Å². The average Bonchev–Trinajstić information content (AvgIpc) is 2.37. The van der Waals surface area contributed by atoms with Gasteiger partial charge in [0, 0.05) is 13.3 Å². The Morgan fingerprint density at radius 2 is 2.10 bits per heavy atom. The van der Waals surface area contributed by atoms with Gasteiger partial charge >= 0.3 is 0 Å². The highest BCUT2D eigenvalue weighted by Crippen LogP contribution is 2.11. The average molecular weight is 304 g/mol. The highest BCUT2D eigenvalue weighted by molar-refractivity contribution is 7.89. The van der Waals surface area contributed by atoms with Crippen molar-refractivity contribution < 1.29 is 17.5 Å². The van der Waals surface area contributed by atoms with E-state index in [4.69, 9.17) is 4.74 Å². The minimum atomic E-state index is -3.55. The van der Waals surface area contributed by atoms with Gasteiger partial charge in [0.05, 0.1) is 24.1 Å². The number of aryl methyl sites for hydroxylation is 1. The standard InChI is InChI=1S/C13H21FN2O3S/c1-9(2)12(19-4)8-20(17,18)16-7-11-13(14)10(3)5-6-15-11/h5-6,9,12,16H,7-8H2,1-4H3. The molecule has 0 radical (unpaired) electrons. The van der Waals surface area contributed by atoms with E-state index in [9.17, 15) is 12.8 Å². The molecule has 1 atom stereocenters. The molecule has 0 aliphatic heterocycles. The van der Waals surface area contributed by atoms with Crippen molar-refractivity contribution >= 4 is 10.0 Å². The Bertz CT molecular complexity index is 547. The first-order valence-electron chi connectivity index (χ1n) is 6.37. The third-order valence-electron chi connectivity index (χ3n) is 3.04. The number of pyridine rings is 1. The van der Waals surface area contributed by atoms with Gasteiger partial charge in [-0.25, -0.2) is 17.5 Å². The first-order chi connectivity index (χ1) is 9.26. The molecule has 0 aliphatic carbocycles. The number of nitrogens with one attached hydrogen (secondary N) is 1. The molecule has 0 fully saturated rings. The van der Waals surface area contributed by atoms with Crippen LogP contribution in [0.5, 0.6) is 0 Å². The van der Waals surface area contributed by atoms with Gasteiger partial charge in [0.15, 0.2) is 0 Å². The predicted molar refractivity (Wildman–Crippen MR) is 75.2 cm³/mol. The minimum Gasteiger partial charge on any atom is -0.380 e. The molecule has 0 saturated heterocycles. The summed E-state index contributed by atoms with van der Waals surface area (Å²) in [6.45, 7) is 5.20. The number of sulfonamides is 1. The van der Waals surface area contributed by atoms with Crippen molar-refractivity contribution in [3.05, 3.63) is 29.3 Å². The van der Waals surface area contributed by atoms with Crippen molar-refractivity contribution in [1.29, 1.82) is 0 Å². The first-order valence-corrected chi connectivity index (χ1v) is 8.02. The molecular weight excluding hydrogens is 283 g/mol. The van der Waals surface area contributed by atoms with Crippen molar-refractivity contribution in [1.82, 2.24) is 9.71 Å². The fraction of sp³-hybridized carbons (Fsp3) is 0.615. The first kappa shape index (κ1) is 17.0. The molecule has 1 N–H and O–H groups in total. The number of nitrogens with zero attached hydrogens (tertiary/aromatic N) is 1. The molecule has 1 aromatic rings. The number of ether oxygens (including phenoxy) is 1. The maximum Gasteiger partial charge on any atom is 0.214 e. The maximum atomic E-state index is 13.7. The fourth-order valence-electron chi connectivity index (χ4n) is 1.71. The molecule has 1 aromatic heterocycles. The van der Waals surface area contributed by atoms with Crippen molar-refractivity contribution in [2.24, 2.45) is 5.92 Å². The summed E-state index contributed by atoms with van der Waals surface area (Å²) in [4.78, 5) is 3.84. The largest absolute Gasteiger partial charge is 0.380 e. The smallest absolute Gasteiger partial charge is 0.214 e. The van der Waals surface area contributed by atoms with Gasteiger partial charge in [-0.3, -0.25) is 4.98 Å². The molecular formula is C13H21FN2O3S. The van der Waals surface area contributed by atoms with Crippen LogP contribution < -0.4 is 4.72 Å². The van der Waals surface area contributed by atoms with Crippen molar-refractivity contribution in [2.45, 2.75) is 33.4 Å². The molecule has 114 valence electrons. The maximum absolute atomic E-state index is 13.7. The quantitative estimate of drug-likeness (QED) is 0.831. The van der Waals surface area contributed by atoms with Crippen LogP contribution in [-0.4, -0.2) is 32.4 Å². The molecule has 7 heteroatoms. The van der Waals surface area contributed by atoms with Gasteiger partial charge < -0.3 is 4.74 Å². The van der Waals surface area contributed by atoms with Gasteiger partial charge in [-0.15, -0.1) is 0 Å². The van der Waals surface area contributed by atoms with Crippen molar-refractivity contribution in [3.63, 3.8) is 0 Å². The lowest BCUT2D eigenvalue weighted by atomic mass is 10.1. The summed E-state index contributed by atoms with van der Waals surface area (Å²) >= 11 is 0. The second kappa shape index (κ2) is 7.10. The van der Waals surface area contributed by atoms with Gasteiger partial charge in [-0.1, -0.05) is 13.8 Å². The molecule has 0 aliphatic rings. The van der Waals surface area contributed by atoms with Crippen LogP contribution in [0.15, 0.2) is 12.3 Å². The lowest BCUT2D eigenvalue weighted by Gasteiger charge is -2.19. The number of halogens is 1. The summed E-state index contributed by atoms with van der Waals surface area (Å²) in [7, 11) is -2.07. The van der Waals surface area contributed by atoms with E-state index in [-0.39, 0.29) is 23.9 Å². The SMILES string of the molecule is COC(CS(=O)(=O)NCc1nccc(C)c1F)C(C)C. The normalized spacial score (nSPS) is 13.7. The number of rotatable bonds is 7. The molecule has 0 saturated carbocycles. The van der Waals surface area contributed by atoms with Crippen LogP contribution in [0.4, 0.5) is 4.39 Å². The van der Waals surface area contributed by atoms with E-state index < -0.39 is 21.9 Å². The Morgan fingerprint density at radius 1 is 1.45 bits per heavy atom. The van der Waals surface area contributed by atoms with E-state index in [1.807, 2.05) is 13.8 Å². The molecule has 0 bridgehead atoms. The number of aromatic nitrogens is 1. The van der Waals surface area contributed by atoms with Gasteiger partial charge in [0.1, 0.15) is 5.82 Å². The highest BCUT2D eigenvalue weighted by Gasteiger charge is 2.22. The van der Waals surface area contributed by atoms with Crippen LogP contribution in [0, 0.1) is 18.7 Å². The number of hydrogen-bond donors (Lipinski definition) is 1. The monoisotopic (exact) mass is 304 g/mol. The van der Waals surface area contributed by atoms with Gasteiger partial charge in [-0.05, 0) is 24.5 Å². The fourth-order valence-corrected chi connectivity index (χ4v) is 3.13. The summed E-state index contributed by atoms with van der Waals surface area (Å²) in [6.07, 6.45) is 1.05. The summed E-state index contributed by atoms with van der Waals surface area (Å²) in [5, 5.41) is 0. The second-order valence-electron chi connectivity index (χ2n) is 5.01. The summed E-state index contributed by atoms with van der Waals surface area (Å²) < 4.78 is 45.1. The van der Waals surface area contributed by atoms with Crippen LogP contribution in [0.2, 0.25) is 0 Å². The molecule has 20 heavy (non-hydrogen) atoms. The minimum absolute atomic E-state index is 0.0744. The third kappa shape index (κ3) is 4.81. The molecule has 1 rings (SSSR count). The lowest BCUT2D eigenvalue weighted by Crippen LogP contribution is -2.35. The Balaban J connectivity index is 2.70. The zero-order chi connectivity index (χ0) is 15.3. The second-order valence-corrected chi connectivity index (χ2v) is 6.86. The summed E-state index contributed by atoms with van der Waals surface area (Å²) in [5.74, 6) is -0.568. The van der Waals surface area contributed by atoms with Crippen LogP contribution in [0.3, 0.4) is 0 Å². The topological polar surface area (TPSA) is 68.3 Å². The number of hydrogen-bond acceptors (Lipinski definition) is 4. The highest BCUT2D eigenvalue weighted by atomic mass is 32.2. The Morgan fingerprint density at radius 3 is 2.65 bits per heavy atom. The third-order valence-corrected chi connectivity index (χ3v) is 4.40. The Kier molecular flexibility index (Phi) is 6.04. The zero-order valence-electron chi connectivity index (χ0n) is 12.2. The van der Waals surface area contributed by atoms with E-state index in [2.05, 4.69) is 9.71 Å². The van der Waals surface area contributed by atoms with Gasteiger partial charge in [-0.2, -0.15) is 0 Å². The van der Waals surface area contributed by atoms with Gasteiger partial charge in [0.2, 0.25) is 10.0 Å². The molecule has 1 unspecified atom stereocenters. The van der Waals surface area contributed by atoms with E-state index >= 15 is 0 Å². The lowest BCUT2D eigenvalue weighted by molar-refractivity contribution is 0.0826. The van der Waals surface area contributed by atoms with E-state index in [1.54, 1.807) is 6.92 Å². The zero-order valence-corrected chi connectivity index (χ0v) is 13.0. The molecule has 5 nitrogen and oxygen atoms in total. The molecule has 0 aromatic carbocycles. The Hall–Kier alpha value is -1.05. The van der Waals surface area contributed by atoms with Crippen LogP contribution in [-0.2, 0) is 21.3 Å². The summed E-state index contributed by atoms with van der Waals surface area (Å²) in [6, 6.07) is 1.53. The predicted octanol–water partition coefficient (Wildman–Crippen LogP) is 1.62. The van der Waals surface area contributed by atoms with E-state index in [1.165, 1.54) is 19.4 Å². The molecule has 0 amide bonds. The van der Waals surface area contributed by atoms with Crippen molar-refractivity contribution in [2.75, 3.05) is 12.9 Å². The van der Waals surface area contributed by atoms with Crippen LogP contribution >= 0.6 is 0 Å². The van der Waals surface area contributed by atoms with Gasteiger partial charge in [0.25, 0.3) is 0 Å². The molecule has 0 spiro atoms. The van der Waals surface area contributed by atoms with Crippen LogP contribution in [0.1, 0.15) is 25.1 Å². The number of methoxy groups -OCH3 is 1. The van der Waals surface area contributed by atoms with Crippen LogP contribution in [0.25, 0.3) is 0 Å². The van der Waals surface area contributed by atoms with E-state index in [0.717, 1.165) is 0 Å². The summed E-state index contributed by atoms with van der Waals surface area (Å²) in [5.41, 5.74) is 0.526. The molecule has 1 heterocycles. The van der Waals surface area contributed by atoms with E-state index in [0.29, 0.717) is 5.56 Å². The van der Waals surface area contributed by atoms with Crippen molar-refractivity contribution in [3.8, 4) is 0 Å².